The van der Waals surface area contributed by atoms with Crippen molar-refractivity contribution in [2.75, 3.05) is 18.0 Å². The van der Waals surface area contributed by atoms with Crippen LogP contribution >= 0.6 is 0 Å². The van der Waals surface area contributed by atoms with E-state index in [1.807, 2.05) is 27.7 Å². The van der Waals surface area contributed by atoms with E-state index in [9.17, 15) is 8.42 Å². The zero-order chi connectivity index (χ0) is 30.3. The van der Waals surface area contributed by atoms with E-state index < -0.39 is 36.4 Å². The Hall–Kier alpha value is -2.60. The van der Waals surface area contributed by atoms with Gasteiger partial charge in [0.15, 0.2) is 11.6 Å². The van der Waals surface area contributed by atoms with Gasteiger partial charge < -0.3 is 18.6 Å². The molecule has 1 aromatic heterocycles. The van der Waals surface area contributed by atoms with Gasteiger partial charge in [0, 0.05) is 31.2 Å². The highest BCUT2D eigenvalue weighted by Crippen LogP contribution is 2.58. The van der Waals surface area contributed by atoms with E-state index in [-0.39, 0.29) is 10.3 Å². The molecule has 2 aliphatic carbocycles. The van der Waals surface area contributed by atoms with Gasteiger partial charge in [-0.2, -0.15) is 0 Å². The zero-order valence-electron chi connectivity index (χ0n) is 25.9. The lowest BCUT2D eigenvalue weighted by Gasteiger charge is -2.32. The molecule has 6 rings (SSSR count). The molecular formula is C31H41BN2O6SSi. The van der Waals surface area contributed by atoms with Crippen molar-refractivity contribution < 1.29 is 27.0 Å². The summed E-state index contributed by atoms with van der Waals surface area (Å²) in [5.74, 6) is 1.32. The van der Waals surface area contributed by atoms with Crippen molar-refractivity contribution in [3.63, 3.8) is 0 Å². The Morgan fingerprint density at radius 2 is 1.69 bits per heavy atom. The van der Waals surface area contributed by atoms with Crippen LogP contribution in [0.15, 0.2) is 51.9 Å². The molecule has 0 N–H and O–H groups in total. The lowest BCUT2D eigenvalue weighted by Crippen LogP contribution is -2.41. The highest BCUT2D eigenvalue weighted by atomic mass is 32.2. The van der Waals surface area contributed by atoms with Crippen molar-refractivity contribution in [1.82, 2.24) is 5.16 Å². The third-order valence-corrected chi connectivity index (χ3v) is 13.0. The fraction of sp³-hybridized carbons (Fsp3) is 0.516. The molecule has 42 heavy (non-hydrogen) atoms. The van der Waals surface area contributed by atoms with Crippen LogP contribution in [0.1, 0.15) is 51.7 Å². The van der Waals surface area contributed by atoms with Crippen LogP contribution in [0, 0.1) is 0 Å². The van der Waals surface area contributed by atoms with E-state index in [2.05, 4.69) is 43.0 Å². The van der Waals surface area contributed by atoms with Crippen molar-refractivity contribution >= 4 is 36.5 Å². The van der Waals surface area contributed by atoms with Crippen LogP contribution in [0.2, 0.25) is 25.7 Å². The molecule has 0 amide bonds. The maximum absolute atomic E-state index is 14.3. The van der Waals surface area contributed by atoms with E-state index >= 15 is 0 Å². The minimum atomic E-state index is -4.00. The summed E-state index contributed by atoms with van der Waals surface area (Å²) < 4.78 is 54.4. The molecule has 8 nitrogen and oxygen atoms in total. The average molecular weight is 609 g/mol. The molecule has 3 aromatic rings. The number of rotatable bonds is 8. The molecular weight excluding hydrogens is 567 g/mol. The summed E-state index contributed by atoms with van der Waals surface area (Å²) in [5, 5.41) is 4.50. The molecule has 1 aliphatic heterocycles. The van der Waals surface area contributed by atoms with E-state index in [1.165, 1.54) is 17.0 Å². The Morgan fingerprint density at radius 3 is 2.31 bits per heavy atom. The molecule has 2 fully saturated rings. The van der Waals surface area contributed by atoms with Gasteiger partial charge in [0.1, 0.15) is 10.6 Å². The van der Waals surface area contributed by atoms with Gasteiger partial charge in [-0.15, -0.1) is 0 Å². The Bertz CT molecular complexity index is 1620. The standard InChI is InChI=1S/C31H41BN2O6SSi/c1-29(2)30(3,4)40-32(39-29)21-13-14-24-22(19-21)27-23(20-31(24)15-16-31)28(33-38-27)34(17-18-42(6,7)8)41(35,36)26-12-10-9-11-25(26)37-5/h9-14,19H,15-18,20H2,1-8H3. The Kier molecular flexibility index (Phi) is 6.81. The molecule has 1 spiro atoms. The number of hydrogen-bond acceptors (Lipinski definition) is 7. The number of hydrogen-bond donors (Lipinski definition) is 0. The van der Waals surface area contributed by atoms with Crippen LogP contribution in [0.4, 0.5) is 5.82 Å². The topological polar surface area (TPSA) is 91.1 Å². The van der Waals surface area contributed by atoms with Crippen LogP contribution in [-0.2, 0) is 31.2 Å². The lowest BCUT2D eigenvalue weighted by atomic mass is 9.73. The lowest BCUT2D eigenvalue weighted by molar-refractivity contribution is 0.00578. The van der Waals surface area contributed by atoms with Gasteiger partial charge in [0.2, 0.25) is 0 Å². The summed E-state index contributed by atoms with van der Waals surface area (Å²) in [4.78, 5) is 0.125. The van der Waals surface area contributed by atoms with Crippen molar-refractivity contribution in [2.45, 2.75) is 94.2 Å². The van der Waals surface area contributed by atoms with Gasteiger partial charge >= 0.3 is 7.12 Å². The minimum absolute atomic E-state index is 0.0459. The third-order valence-electron chi connectivity index (χ3n) is 9.46. The predicted octanol–water partition coefficient (Wildman–Crippen LogP) is 5.77. The Labute approximate surface area is 250 Å². The van der Waals surface area contributed by atoms with Crippen LogP contribution < -0.4 is 14.5 Å². The normalized spacial score (nSPS) is 19.9. The Morgan fingerprint density at radius 1 is 1.02 bits per heavy atom. The van der Waals surface area contributed by atoms with E-state index in [0.29, 0.717) is 30.3 Å². The summed E-state index contributed by atoms with van der Waals surface area (Å²) in [5.41, 5.74) is 2.96. The molecule has 1 saturated carbocycles. The largest absolute Gasteiger partial charge is 0.495 e. The Balaban J connectivity index is 1.46. The maximum Gasteiger partial charge on any atom is 0.494 e. The zero-order valence-corrected chi connectivity index (χ0v) is 27.7. The van der Waals surface area contributed by atoms with Gasteiger partial charge in [0.05, 0.1) is 18.3 Å². The van der Waals surface area contributed by atoms with Gasteiger partial charge in [-0.3, -0.25) is 0 Å². The smallest absolute Gasteiger partial charge is 0.494 e. The first-order valence-corrected chi connectivity index (χ1v) is 19.9. The number of nitrogens with zero attached hydrogens (tertiary/aromatic N) is 2. The first-order chi connectivity index (χ1) is 19.6. The quantitative estimate of drug-likeness (QED) is 0.300. The second kappa shape index (κ2) is 9.70. The van der Waals surface area contributed by atoms with Crippen LogP contribution in [0.3, 0.4) is 0 Å². The fourth-order valence-corrected chi connectivity index (χ4v) is 8.62. The summed E-state index contributed by atoms with van der Waals surface area (Å²) in [7, 11) is -4.63. The van der Waals surface area contributed by atoms with Crippen molar-refractivity contribution in [3.8, 4) is 17.1 Å². The molecule has 0 unspecified atom stereocenters. The number of sulfonamides is 1. The number of anilines is 1. The molecule has 11 heteroatoms. The van der Waals surface area contributed by atoms with E-state index in [4.69, 9.17) is 18.6 Å². The van der Waals surface area contributed by atoms with Crippen LogP contribution in [0.25, 0.3) is 11.3 Å². The van der Waals surface area contributed by atoms with Crippen molar-refractivity contribution in [2.24, 2.45) is 0 Å². The second-order valence-electron chi connectivity index (χ2n) is 14.2. The summed E-state index contributed by atoms with van der Waals surface area (Å²) >= 11 is 0. The molecule has 1 saturated heterocycles. The molecule has 0 bridgehead atoms. The van der Waals surface area contributed by atoms with Gasteiger partial charge in [-0.1, -0.05) is 55.1 Å². The van der Waals surface area contributed by atoms with Gasteiger partial charge in [-0.05, 0) is 76.2 Å². The SMILES string of the molecule is COc1ccccc1S(=O)(=O)N(CC[Si](C)(C)C)c1noc2c1CC1(CC1)c1ccc(B3OC(C)(C)C(C)(C)O3)cc1-2. The first-order valence-electron chi connectivity index (χ1n) is 14.7. The number of fused-ring (bicyclic) bond motifs is 4. The number of methoxy groups -OCH3 is 1. The van der Waals surface area contributed by atoms with Crippen LogP contribution in [0.5, 0.6) is 5.75 Å². The summed E-state index contributed by atoms with van der Waals surface area (Å²) in [6, 6.07) is 13.9. The summed E-state index contributed by atoms with van der Waals surface area (Å²) in [6.07, 6.45) is 2.76. The molecule has 224 valence electrons. The summed E-state index contributed by atoms with van der Waals surface area (Å²) in [6.45, 7) is 15.2. The monoisotopic (exact) mass is 608 g/mol. The first kappa shape index (κ1) is 29.5. The van der Waals surface area contributed by atoms with Gasteiger partial charge in [-0.25, -0.2) is 12.7 Å². The fourth-order valence-electron chi connectivity index (χ4n) is 5.96. The molecule has 3 aliphatic rings. The van der Waals surface area contributed by atoms with Crippen molar-refractivity contribution in [1.29, 1.82) is 0 Å². The third kappa shape index (κ3) is 4.82. The maximum atomic E-state index is 14.3. The predicted molar refractivity (Wildman–Crippen MR) is 168 cm³/mol. The van der Waals surface area contributed by atoms with Crippen LogP contribution in [-0.4, -0.2) is 53.6 Å². The average Bonchev–Trinajstić information content (AvgIpc) is 3.50. The number of benzene rings is 2. The number of para-hydroxylation sites is 1. The number of aromatic nitrogens is 1. The van der Waals surface area contributed by atoms with E-state index in [0.717, 1.165) is 35.5 Å². The van der Waals surface area contributed by atoms with E-state index in [1.54, 1.807) is 24.3 Å². The van der Waals surface area contributed by atoms with Gasteiger partial charge in [0.25, 0.3) is 10.0 Å². The molecule has 0 radical (unpaired) electrons. The minimum Gasteiger partial charge on any atom is -0.495 e. The molecule has 2 heterocycles. The number of ether oxygens (including phenoxy) is 1. The highest BCUT2D eigenvalue weighted by Gasteiger charge is 2.54. The van der Waals surface area contributed by atoms with Crippen molar-refractivity contribution in [3.05, 3.63) is 53.6 Å². The molecule has 2 aromatic carbocycles. The second-order valence-corrected chi connectivity index (χ2v) is 21.7. The highest BCUT2D eigenvalue weighted by molar-refractivity contribution is 7.93. The molecule has 0 atom stereocenters.